The lowest BCUT2D eigenvalue weighted by Crippen LogP contribution is -2.41. The molecule has 0 saturated heterocycles. The van der Waals surface area contributed by atoms with Crippen LogP contribution in [0.5, 0.6) is 0 Å². The van der Waals surface area contributed by atoms with Gasteiger partial charge in [-0.25, -0.2) is 24.7 Å². The summed E-state index contributed by atoms with van der Waals surface area (Å²) in [5, 5.41) is 24.6. The molecule has 1 amide bonds. The number of halogens is 4. The van der Waals surface area contributed by atoms with Gasteiger partial charge in [0, 0.05) is 6.20 Å². The van der Waals surface area contributed by atoms with Gasteiger partial charge in [0.2, 0.25) is 0 Å². The minimum absolute atomic E-state index is 0.00412. The summed E-state index contributed by atoms with van der Waals surface area (Å²) in [5.41, 5.74) is -3.23. The number of aliphatic hydroxyl groups is 1. The van der Waals surface area contributed by atoms with Gasteiger partial charge in [-0.15, -0.1) is 11.3 Å². The lowest BCUT2D eigenvalue weighted by molar-refractivity contribution is -0.137. The number of thiazole rings is 1. The number of rotatable bonds is 7. The Labute approximate surface area is 198 Å². The molecule has 10 nitrogen and oxygen atoms in total. The predicted molar refractivity (Wildman–Crippen MR) is 114 cm³/mol. The van der Waals surface area contributed by atoms with Crippen LogP contribution in [-0.4, -0.2) is 42.0 Å². The van der Waals surface area contributed by atoms with Crippen molar-refractivity contribution in [3.63, 3.8) is 0 Å². The second kappa shape index (κ2) is 9.58. The number of aromatic nitrogens is 4. The maximum Gasteiger partial charge on any atom is 0.418 e. The predicted octanol–water partition coefficient (Wildman–Crippen LogP) is 3.47. The van der Waals surface area contributed by atoms with Crippen LogP contribution in [0.3, 0.4) is 0 Å². The molecule has 3 aromatic rings. The number of hydrogen-bond acceptors (Lipinski definition) is 9. The van der Waals surface area contributed by atoms with Crippen LogP contribution in [-0.2, 0) is 11.9 Å². The molecule has 0 aromatic carbocycles. The van der Waals surface area contributed by atoms with E-state index in [0.29, 0.717) is 11.1 Å². The quantitative estimate of drug-likeness (QED) is 0.346. The van der Waals surface area contributed by atoms with Gasteiger partial charge in [0.25, 0.3) is 5.91 Å². The lowest BCUT2D eigenvalue weighted by Gasteiger charge is -2.27. The Morgan fingerprint density at radius 1 is 1.15 bits per heavy atom. The first kappa shape index (κ1) is 25.4. The van der Waals surface area contributed by atoms with Gasteiger partial charge in [-0.1, -0.05) is 11.6 Å². The van der Waals surface area contributed by atoms with Gasteiger partial charge in [0.1, 0.15) is 22.0 Å². The first-order chi connectivity index (χ1) is 15.8. The normalized spacial score (nSPS) is 14.3. The third-order valence-corrected chi connectivity index (χ3v) is 5.88. The van der Waals surface area contributed by atoms with Gasteiger partial charge >= 0.3 is 12.1 Å². The Hall–Kier alpha value is -3.20. The van der Waals surface area contributed by atoms with Crippen LogP contribution in [0.4, 0.5) is 19.0 Å². The molecule has 180 valence electrons. The number of carboxylic acids is 1. The SMILES string of the molecule is CC(NC(C)(O)c1cc(C(=O)O)ncn1)c1ncc(C(=O)Nc2cc(C(F)(F)F)c(Cl)cn2)s1. The lowest BCUT2D eigenvalue weighted by atomic mass is 10.1. The van der Waals surface area contributed by atoms with Gasteiger partial charge in [-0.3, -0.25) is 10.1 Å². The number of aromatic carboxylic acids is 1. The zero-order chi connectivity index (χ0) is 25.3. The number of carboxylic acid groups (broad SMARTS) is 1. The molecule has 0 aliphatic heterocycles. The highest BCUT2D eigenvalue weighted by atomic mass is 35.5. The molecule has 0 aliphatic rings. The van der Waals surface area contributed by atoms with E-state index in [1.165, 1.54) is 13.1 Å². The van der Waals surface area contributed by atoms with E-state index >= 15 is 0 Å². The Balaban J connectivity index is 1.73. The Morgan fingerprint density at radius 2 is 1.85 bits per heavy atom. The molecular formula is C19H16ClF3N6O4S. The van der Waals surface area contributed by atoms with E-state index in [1.54, 1.807) is 6.92 Å². The standard InChI is InChI=1S/C19H16ClF3N6O4S/c1-8(29-18(2,33)13-4-11(17(31)32)26-7-27-13)16-25-6-12(34-16)15(30)28-14-3-9(19(21,22)23)10(20)5-24-14/h3-8,29,33H,1-2H3,(H,31,32)(H,24,28,30). The van der Waals surface area contributed by atoms with Crippen LogP contribution in [0.1, 0.15) is 56.3 Å². The molecule has 0 spiro atoms. The van der Waals surface area contributed by atoms with E-state index in [-0.39, 0.29) is 22.1 Å². The second-order valence-corrected chi connectivity index (χ2v) is 8.57. The molecule has 0 bridgehead atoms. The molecule has 3 rings (SSSR count). The fourth-order valence-electron chi connectivity index (χ4n) is 2.79. The molecule has 3 heterocycles. The summed E-state index contributed by atoms with van der Waals surface area (Å²) in [6.45, 7) is 2.98. The third-order valence-electron chi connectivity index (χ3n) is 4.40. The fourth-order valence-corrected chi connectivity index (χ4v) is 3.82. The summed E-state index contributed by atoms with van der Waals surface area (Å²) in [6.07, 6.45) is -1.71. The highest BCUT2D eigenvalue weighted by molar-refractivity contribution is 7.13. The molecule has 2 unspecified atom stereocenters. The molecule has 34 heavy (non-hydrogen) atoms. The number of nitrogens with zero attached hydrogens (tertiary/aromatic N) is 4. The molecule has 0 aliphatic carbocycles. The minimum atomic E-state index is -4.72. The summed E-state index contributed by atoms with van der Waals surface area (Å²) < 4.78 is 39.0. The molecule has 4 N–H and O–H groups in total. The van der Waals surface area contributed by atoms with E-state index in [9.17, 15) is 27.9 Å². The van der Waals surface area contributed by atoms with Gasteiger partial charge in [-0.05, 0) is 26.0 Å². The minimum Gasteiger partial charge on any atom is -0.477 e. The third kappa shape index (κ3) is 5.83. The second-order valence-electron chi connectivity index (χ2n) is 7.10. The molecule has 0 fully saturated rings. The number of carbonyl (C=O) groups is 2. The zero-order valence-corrected chi connectivity index (χ0v) is 19.0. The summed E-state index contributed by atoms with van der Waals surface area (Å²) in [5.74, 6) is -2.38. The molecule has 15 heteroatoms. The van der Waals surface area contributed by atoms with E-state index in [0.717, 1.165) is 29.9 Å². The smallest absolute Gasteiger partial charge is 0.418 e. The summed E-state index contributed by atoms with van der Waals surface area (Å²) in [7, 11) is 0. The maximum absolute atomic E-state index is 13.0. The fraction of sp³-hybridized carbons (Fsp3) is 0.263. The van der Waals surface area contributed by atoms with Crippen molar-refractivity contribution >= 4 is 40.6 Å². The van der Waals surface area contributed by atoms with E-state index < -0.39 is 40.4 Å². The number of pyridine rings is 1. The van der Waals surface area contributed by atoms with Crippen molar-refractivity contribution in [3.8, 4) is 0 Å². The topological polar surface area (TPSA) is 150 Å². The monoisotopic (exact) mass is 516 g/mol. The van der Waals surface area contributed by atoms with Gasteiger partial charge in [0.15, 0.2) is 11.4 Å². The van der Waals surface area contributed by atoms with Gasteiger partial charge < -0.3 is 15.5 Å². The Bertz CT molecular complexity index is 1240. The Kier molecular flexibility index (Phi) is 7.16. The average Bonchev–Trinajstić information content (AvgIpc) is 3.25. The number of amides is 1. The first-order valence-corrected chi connectivity index (χ1v) is 10.5. The average molecular weight is 517 g/mol. The summed E-state index contributed by atoms with van der Waals surface area (Å²) in [6, 6.07) is 1.10. The van der Waals surface area contributed by atoms with Crippen LogP contribution < -0.4 is 10.6 Å². The van der Waals surface area contributed by atoms with Crippen LogP contribution in [0.15, 0.2) is 30.9 Å². The van der Waals surface area contributed by atoms with Gasteiger partial charge in [0.05, 0.1) is 28.5 Å². The molecule has 0 radical (unpaired) electrons. The number of nitrogens with one attached hydrogen (secondary N) is 2. The molecule has 0 saturated carbocycles. The zero-order valence-electron chi connectivity index (χ0n) is 17.4. The molecular weight excluding hydrogens is 501 g/mol. The largest absolute Gasteiger partial charge is 0.477 e. The van der Waals surface area contributed by atoms with Gasteiger partial charge in [-0.2, -0.15) is 13.2 Å². The molecule has 2 atom stereocenters. The number of carbonyl (C=O) groups excluding carboxylic acids is 1. The van der Waals surface area contributed by atoms with E-state index in [2.05, 4.69) is 30.6 Å². The van der Waals surface area contributed by atoms with Crippen molar-refractivity contribution in [1.82, 2.24) is 25.3 Å². The van der Waals surface area contributed by atoms with Crippen LogP contribution in [0, 0.1) is 0 Å². The van der Waals surface area contributed by atoms with Crippen molar-refractivity contribution in [2.24, 2.45) is 0 Å². The van der Waals surface area contributed by atoms with Crippen LogP contribution in [0.2, 0.25) is 5.02 Å². The number of alkyl halides is 3. The van der Waals surface area contributed by atoms with Crippen molar-refractivity contribution in [1.29, 1.82) is 0 Å². The number of hydrogen-bond donors (Lipinski definition) is 4. The first-order valence-electron chi connectivity index (χ1n) is 9.33. The van der Waals surface area contributed by atoms with Crippen LogP contribution >= 0.6 is 22.9 Å². The van der Waals surface area contributed by atoms with Crippen molar-refractivity contribution in [2.75, 3.05) is 5.32 Å². The van der Waals surface area contributed by atoms with E-state index in [4.69, 9.17) is 16.7 Å². The highest BCUT2D eigenvalue weighted by Crippen LogP contribution is 2.35. The van der Waals surface area contributed by atoms with E-state index in [1.807, 2.05) is 0 Å². The summed E-state index contributed by atoms with van der Waals surface area (Å²) in [4.78, 5) is 38.9. The van der Waals surface area contributed by atoms with Crippen molar-refractivity contribution < 1.29 is 33.0 Å². The Morgan fingerprint density at radius 3 is 2.50 bits per heavy atom. The molecule has 3 aromatic heterocycles. The maximum atomic E-state index is 13.0. The van der Waals surface area contributed by atoms with Crippen molar-refractivity contribution in [3.05, 3.63) is 62.7 Å². The summed E-state index contributed by atoms with van der Waals surface area (Å²) >= 11 is 6.45. The highest BCUT2D eigenvalue weighted by Gasteiger charge is 2.34. The van der Waals surface area contributed by atoms with Crippen LogP contribution in [0.25, 0.3) is 0 Å². The number of anilines is 1. The van der Waals surface area contributed by atoms with Crippen molar-refractivity contribution in [2.45, 2.75) is 31.8 Å².